The van der Waals surface area contributed by atoms with Crippen molar-refractivity contribution in [2.75, 3.05) is 41.4 Å². The molecule has 0 radical (unpaired) electrons. The van der Waals surface area contributed by atoms with Crippen molar-refractivity contribution in [1.82, 2.24) is 15.5 Å². The summed E-state index contributed by atoms with van der Waals surface area (Å²) in [7, 11) is 7.75. The van der Waals surface area contributed by atoms with Gasteiger partial charge in [-0.3, -0.25) is 4.99 Å². The van der Waals surface area contributed by atoms with Crippen molar-refractivity contribution >= 4 is 5.96 Å². The fourth-order valence-electron chi connectivity index (χ4n) is 1.96. The Balaban J connectivity index is 4.23. The highest BCUT2D eigenvalue weighted by Gasteiger charge is 2.14. The smallest absolute Gasteiger partial charge is 0.191 e. The predicted molar refractivity (Wildman–Crippen MR) is 82.8 cm³/mol. The quantitative estimate of drug-likeness (QED) is 0.514. The first kappa shape index (κ1) is 18.2. The summed E-state index contributed by atoms with van der Waals surface area (Å²) >= 11 is 0. The molecule has 0 fully saturated rings. The zero-order valence-corrected chi connectivity index (χ0v) is 13.7. The van der Waals surface area contributed by atoms with Crippen LogP contribution >= 0.6 is 0 Å². The molecule has 0 aliphatic rings. The van der Waals surface area contributed by atoms with E-state index in [1.807, 2.05) is 0 Å². The number of nitrogens with zero attached hydrogens (tertiary/aromatic N) is 2. The lowest BCUT2D eigenvalue weighted by Crippen LogP contribution is -2.48. The summed E-state index contributed by atoms with van der Waals surface area (Å²) < 4.78 is 5.11. The third-order valence-electron chi connectivity index (χ3n) is 3.00. The first-order chi connectivity index (χ1) is 8.90. The maximum Gasteiger partial charge on any atom is 0.191 e. The molecule has 19 heavy (non-hydrogen) atoms. The van der Waals surface area contributed by atoms with Crippen molar-refractivity contribution in [2.24, 2.45) is 10.9 Å². The number of methoxy groups -OCH3 is 1. The third kappa shape index (κ3) is 8.83. The largest absolute Gasteiger partial charge is 0.383 e. The fourth-order valence-corrected chi connectivity index (χ4v) is 1.96. The second kappa shape index (κ2) is 10.0. The summed E-state index contributed by atoms with van der Waals surface area (Å²) in [5, 5.41) is 6.70. The molecule has 0 aromatic rings. The standard InChI is InChI=1S/C14H32N4O/c1-11(2)8-13(18(5)6)9-16-14(15-4)17-12(3)10-19-7/h11-13H,8-10H2,1-7H3,(H2,15,16,17). The topological polar surface area (TPSA) is 48.9 Å². The molecule has 0 saturated carbocycles. The lowest BCUT2D eigenvalue weighted by molar-refractivity contribution is 0.178. The monoisotopic (exact) mass is 272 g/mol. The van der Waals surface area contributed by atoms with Crippen LogP contribution in [-0.2, 0) is 4.74 Å². The molecule has 0 amide bonds. The van der Waals surface area contributed by atoms with Crippen LogP contribution in [0.3, 0.4) is 0 Å². The number of aliphatic imine (C=N–C) groups is 1. The Labute approximate surface area is 118 Å². The molecule has 2 atom stereocenters. The van der Waals surface area contributed by atoms with E-state index in [1.54, 1.807) is 14.2 Å². The molecule has 0 aliphatic carbocycles. The molecule has 0 rings (SSSR count). The molecule has 0 spiro atoms. The number of rotatable bonds is 8. The van der Waals surface area contributed by atoms with Gasteiger partial charge in [0.1, 0.15) is 0 Å². The molecule has 0 heterocycles. The SMILES string of the molecule is CN=C(NCC(CC(C)C)N(C)C)NC(C)COC. The molecule has 0 aliphatic heterocycles. The minimum absolute atomic E-state index is 0.249. The van der Waals surface area contributed by atoms with E-state index in [1.165, 1.54) is 6.42 Å². The second-order valence-corrected chi connectivity index (χ2v) is 5.70. The van der Waals surface area contributed by atoms with Gasteiger partial charge in [-0.1, -0.05) is 13.8 Å². The Morgan fingerprint density at radius 2 is 1.89 bits per heavy atom. The van der Waals surface area contributed by atoms with Gasteiger partial charge in [-0.05, 0) is 33.4 Å². The minimum atomic E-state index is 0.249. The first-order valence-electron chi connectivity index (χ1n) is 7.03. The Morgan fingerprint density at radius 3 is 2.32 bits per heavy atom. The van der Waals surface area contributed by atoms with Gasteiger partial charge in [-0.15, -0.1) is 0 Å². The lowest BCUT2D eigenvalue weighted by Gasteiger charge is -2.27. The molecule has 5 nitrogen and oxygen atoms in total. The van der Waals surface area contributed by atoms with E-state index >= 15 is 0 Å². The summed E-state index contributed by atoms with van der Waals surface area (Å²) in [6.45, 7) is 8.15. The summed E-state index contributed by atoms with van der Waals surface area (Å²) in [6, 6.07) is 0.760. The van der Waals surface area contributed by atoms with E-state index in [9.17, 15) is 0 Å². The van der Waals surface area contributed by atoms with Crippen LogP contribution in [0.4, 0.5) is 0 Å². The number of nitrogens with one attached hydrogen (secondary N) is 2. The van der Waals surface area contributed by atoms with Gasteiger partial charge >= 0.3 is 0 Å². The van der Waals surface area contributed by atoms with Crippen molar-refractivity contribution in [3.8, 4) is 0 Å². The predicted octanol–water partition coefficient (Wildman–Crippen LogP) is 1.16. The summed E-state index contributed by atoms with van der Waals surface area (Å²) in [6.07, 6.45) is 1.17. The maximum absolute atomic E-state index is 5.11. The Bertz CT molecular complexity index is 254. The molecule has 2 unspecified atom stereocenters. The van der Waals surface area contributed by atoms with Gasteiger partial charge in [0.05, 0.1) is 6.61 Å². The van der Waals surface area contributed by atoms with Gasteiger partial charge in [0, 0.05) is 32.8 Å². The van der Waals surface area contributed by atoms with Gasteiger partial charge in [0.2, 0.25) is 0 Å². The Kier molecular flexibility index (Phi) is 9.61. The van der Waals surface area contributed by atoms with Crippen LogP contribution in [0.25, 0.3) is 0 Å². The fraction of sp³-hybridized carbons (Fsp3) is 0.929. The normalized spacial score (nSPS) is 15.7. The Hall–Kier alpha value is -0.810. The maximum atomic E-state index is 5.11. The molecule has 0 bridgehead atoms. The number of hydrogen-bond acceptors (Lipinski definition) is 3. The number of guanidine groups is 1. The van der Waals surface area contributed by atoms with Crippen LogP contribution in [0.2, 0.25) is 0 Å². The van der Waals surface area contributed by atoms with Crippen LogP contribution in [0.15, 0.2) is 4.99 Å². The van der Waals surface area contributed by atoms with Crippen molar-refractivity contribution in [2.45, 2.75) is 39.3 Å². The van der Waals surface area contributed by atoms with E-state index in [2.05, 4.69) is 55.4 Å². The number of hydrogen-bond donors (Lipinski definition) is 2. The average molecular weight is 272 g/mol. The zero-order valence-electron chi connectivity index (χ0n) is 13.7. The summed E-state index contributed by atoms with van der Waals surface area (Å²) in [5.41, 5.74) is 0. The molecule has 0 aromatic carbocycles. The van der Waals surface area contributed by atoms with Crippen LogP contribution in [0.5, 0.6) is 0 Å². The van der Waals surface area contributed by atoms with Crippen molar-refractivity contribution < 1.29 is 4.74 Å². The average Bonchev–Trinajstić information content (AvgIpc) is 2.32. The van der Waals surface area contributed by atoms with Crippen molar-refractivity contribution in [3.05, 3.63) is 0 Å². The molecule has 5 heteroatoms. The van der Waals surface area contributed by atoms with E-state index in [4.69, 9.17) is 4.74 Å². The van der Waals surface area contributed by atoms with Gasteiger partial charge < -0.3 is 20.3 Å². The van der Waals surface area contributed by atoms with Crippen molar-refractivity contribution in [3.63, 3.8) is 0 Å². The highest BCUT2D eigenvalue weighted by atomic mass is 16.5. The highest BCUT2D eigenvalue weighted by molar-refractivity contribution is 5.79. The summed E-state index contributed by atoms with van der Waals surface area (Å²) in [4.78, 5) is 6.50. The van der Waals surface area contributed by atoms with Crippen LogP contribution < -0.4 is 10.6 Å². The van der Waals surface area contributed by atoms with Crippen LogP contribution in [0.1, 0.15) is 27.2 Å². The van der Waals surface area contributed by atoms with Gasteiger partial charge in [0.15, 0.2) is 5.96 Å². The van der Waals surface area contributed by atoms with Gasteiger partial charge in [-0.25, -0.2) is 0 Å². The molecule has 114 valence electrons. The molecular weight excluding hydrogens is 240 g/mol. The highest BCUT2D eigenvalue weighted by Crippen LogP contribution is 2.07. The number of ether oxygens (including phenoxy) is 1. The third-order valence-corrected chi connectivity index (χ3v) is 3.00. The van der Waals surface area contributed by atoms with E-state index in [0.717, 1.165) is 12.5 Å². The van der Waals surface area contributed by atoms with Gasteiger partial charge in [-0.2, -0.15) is 0 Å². The van der Waals surface area contributed by atoms with E-state index in [0.29, 0.717) is 18.6 Å². The van der Waals surface area contributed by atoms with E-state index in [-0.39, 0.29) is 6.04 Å². The Morgan fingerprint density at radius 1 is 1.26 bits per heavy atom. The van der Waals surface area contributed by atoms with E-state index < -0.39 is 0 Å². The molecule has 0 saturated heterocycles. The summed E-state index contributed by atoms with van der Waals surface area (Å²) in [5.74, 6) is 1.52. The first-order valence-corrected chi connectivity index (χ1v) is 7.03. The number of likely N-dealkylation sites (N-methyl/N-ethyl adjacent to an activating group) is 1. The lowest BCUT2D eigenvalue weighted by atomic mass is 10.0. The molecular formula is C14H32N4O. The van der Waals surface area contributed by atoms with Gasteiger partial charge in [0.25, 0.3) is 0 Å². The van der Waals surface area contributed by atoms with Crippen LogP contribution in [-0.4, -0.2) is 64.3 Å². The zero-order chi connectivity index (χ0) is 14.8. The molecule has 2 N–H and O–H groups in total. The minimum Gasteiger partial charge on any atom is -0.383 e. The second-order valence-electron chi connectivity index (χ2n) is 5.70. The van der Waals surface area contributed by atoms with Crippen molar-refractivity contribution in [1.29, 1.82) is 0 Å². The molecule has 0 aromatic heterocycles. The van der Waals surface area contributed by atoms with Crippen LogP contribution in [0, 0.1) is 5.92 Å².